The van der Waals surface area contributed by atoms with Gasteiger partial charge in [0.2, 0.25) is 5.91 Å². The van der Waals surface area contributed by atoms with Gasteiger partial charge in [-0.2, -0.15) is 0 Å². The summed E-state index contributed by atoms with van der Waals surface area (Å²) in [6, 6.07) is 9.16. The van der Waals surface area contributed by atoms with E-state index in [0.29, 0.717) is 22.8 Å². The normalized spacial score (nSPS) is 13.0. The number of pyridine rings is 1. The highest BCUT2D eigenvalue weighted by atomic mass is 35.5. The Labute approximate surface area is 227 Å². The summed E-state index contributed by atoms with van der Waals surface area (Å²) in [5, 5.41) is 19.3. The monoisotopic (exact) mass is 561 g/mol. The molecule has 0 fully saturated rings. The second kappa shape index (κ2) is 10.8. The van der Waals surface area contributed by atoms with Gasteiger partial charge in [-0.05, 0) is 51.1 Å². The molecule has 1 aliphatic rings. The van der Waals surface area contributed by atoms with Crippen molar-refractivity contribution in [2.45, 2.75) is 39.4 Å². The number of anilines is 2. The number of carbonyl (C=O) groups is 2. The number of ether oxygens (including phenoxy) is 1. The van der Waals surface area contributed by atoms with Gasteiger partial charge in [0.25, 0.3) is 11.5 Å². The zero-order chi connectivity index (χ0) is 28.6. The van der Waals surface area contributed by atoms with Crippen molar-refractivity contribution >= 4 is 34.8 Å². The van der Waals surface area contributed by atoms with Crippen LogP contribution in [-0.2, 0) is 16.2 Å². The van der Waals surface area contributed by atoms with E-state index in [1.54, 1.807) is 19.1 Å². The molecular formula is C27H26ClF2N3O6. The number of nitrogens with zero attached hydrogens (tertiary/aromatic N) is 3. The molecule has 2 aromatic carbocycles. The molecule has 2 heterocycles. The smallest absolute Gasteiger partial charge is 0.277 e. The van der Waals surface area contributed by atoms with Gasteiger partial charge >= 0.3 is 0 Å². The van der Waals surface area contributed by atoms with Crippen LogP contribution >= 0.6 is 11.6 Å². The second-order valence-corrected chi connectivity index (χ2v) is 9.91. The molecule has 0 radical (unpaired) electrons. The lowest BCUT2D eigenvalue weighted by molar-refractivity contribution is -0.133. The lowest BCUT2D eigenvalue weighted by Crippen LogP contribution is -2.47. The van der Waals surface area contributed by atoms with Crippen LogP contribution in [0.4, 0.5) is 20.2 Å². The molecular weight excluding hydrogens is 536 g/mol. The number of rotatable bonds is 7. The lowest BCUT2D eigenvalue weighted by atomic mass is 10.1. The SMILES string of the molecule is Cc1cc(OCc2ccc(F)cc2F)c(Cl)c(=O)n1-c1ccc2c(c1)N(C(=O)CCO)CN2C(=O)C(C)(C)O. The van der Waals surface area contributed by atoms with Gasteiger partial charge in [0.15, 0.2) is 0 Å². The Morgan fingerprint density at radius 2 is 1.79 bits per heavy atom. The van der Waals surface area contributed by atoms with Gasteiger partial charge in [0.05, 0.1) is 30.1 Å². The quantitative estimate of drug-likeness (QED) is 0.457. The van der Waals surface area contributed by atoms with E-state index >= 15 is 0 Å². The van der Waals surface area contributed by atoms with Gasteiger partial charge in [0, 0.05) is 23.4 Å². The fraction of sp³-hybridized carbons (Fsp3) is 0.296. The van der Waals surface area contributed by atoms with E-state index in [1.807, 2.05) is 0 Å². The van der Waals surface area contributed by atoms with Crippen LogP contribution in [0.3, 0.4) is 0 Å². The molecule has 0 saturated carbocycles. The van der Waals surface area contributed by atoms with Crippen LogP contribution in [-0.4, -0.2) is 45.5 Å². The number of benzene rings is 2. The van der Waals surface area contributed by atoms with E-state index in [-0.39, 0.29) is 36.0 Å². The molecule has 3 aromatic rings. The molecule has 206 valence electrons. The second-order valence-electron chi connectivity index (χ2n) is 9.53. The van der Waals surface area contributed by atoms with Crippen LogP contribution in [0.25, 0.3) is 5.69 Å². The van der Waals surface area contributed by atoms with E-state index in [4.69, 9.17) is 16.3 Å². The van der Waals surface area contributed by atoms with Crippen LogP contribution in [0.2, 0.25) is 5.02 Å². The van der Waals surface area contributed by atoms with E-state index in [2.05, 4.69) is 0 Å². The molecule has 4 rings (SSSR count). The minimum atomic E-state index is -1.71. The number of halogens is 3. The zero-order valence-electron chi connectivity index (χ0n) is 21.4. The van der Waals surface area contributed by atoms with Crippen molar-refractivity contribution in [3.63, 3.8) is 0 Å². The molecule has 1 aromatic heterocycles. The van der Waals surface area contributed by atoms with Gasteiger partial charge < -0.3 is 14.9 Å². The Bertz CT molecular complexity index is 1520. The molecule has 0 unspecified atom stereocenters. The van der Waals surface area contributed by atoms with Crippen LogP contribution in [0.5, 0.6) is 5.75 Å². The Morgan fingerprint density at radius 1 is 1.08 bits per heavy atom. The molecule has 2 amide bonds. The number of aliphatic hydroxyl groups is 2. The molecule has 2 N–H and O–H groups in total. The maximum Gasteiger partial charge on any atom is 0.277 e. The summed E-state index contributed by atoms with van der Waals surface area (Å²) in [5.74, 6) is -2.62. The van der Waals surface area contributed by atoms with Crippen molar-refractivity contribution in [1.82, 2.24) is 4.57 Å². The average Bonchev–Trinajstić information content (AvgIpc) is 3.24. The Hall–Kier alpha value is -3.80. The maximum atomic E-state index is 14.0. The first-order valence-corrected chi connectivity index (χ1v) is 12.3. The van der Waals surface area contributed by atoms with Crippen LogP contribution in [0.15, 0.2) is 47.3 Å². The standard InChI is InChI=1S/C27H26ClF2N3O6/c1-15-10-22(39-13-16-4-5-17(29)11-19(16)30)24(28)25(36)33(15)18-6-7-20-21(12-18)31(23(35)8-9-34)14-32(20)26(37)27(2,3)38/h4-7,10-12,34,38H,8-9,13-14H2,1-3H3. The summed E-state index contributed by atoms with van der Waals surface area (Å²) in [6.07, 6.45) is -0.195. The van der Waals surface area contributed by atoms with Gasteiger partial charge in [-0.25, -0.2) is 8.78 Å². The molecule has 0 aliphatic carbocycles. The van der Waals surface area contributed by atoms with Gasteiger partial charge in [-0.15, -0.1) is 0 Å². The highest BCUT2D eigenvalue weighted by Gasteiger charge is 2.39. The third kappa shape index (κ3) is 5.51. The topological polar surface area (TPSA) is 112 Å². The summed E-state index contributed by atoms with van der Waals surface area (Å²) >= 11 is 6.32. The summed E-state index contributed by atoms with van der Waals surface area (Å²) in [5.41, 5.74) is -0.913. The van der Waals surface area contributed by atoms with Crippen molar-refractivity contribution in [3.05, 3.63) is 80.7 Å². The third-order valence-electron chi connectivity index (χ3n) is 6.18. The van der Waals surface area contributed by atoms with Crippen LogP contribution < -0.4 is 20.1 Å². The third-order valence-corrected chi connectivity index (χ3v) is 6.52. The summed E-state index contributed by atoms with van der Waals surface area (Å²) in [6.45, 7) is 3.42. The number of aryl methyl sites for hydroxylation is 1. The fourth-order valence-electron chi connectivity index (χ4n) is 4.24. The first kappa shape index (κ1) is 28.2. The van der Waals surface area contributed by atoms with Gasteiger partial charge in [-0.3, -0.25) is 28.8 Å². The Morgan fingerprint density at radius 3 is 2.44 bits per heavy atom. The van der Waals surface area contributed by atoms with E-state index < -0.39 is 41.2 Å². The highest BCUT2D eigenvalue weighted by Crippen LogP contribution is 2.39. The van der Waals surface area contributed by atoms with Crippen molar-refractivity contribution in [1.29, 1.82) is 0 Å². The lowest BCUT2D eigenvalue weighted by Gasteiger charge is -2.25. The first-order chi connectivity index (χ1) is 18.3. The minimum Gasteiger partial charge on any atom is -0.487 e. The number of aliphatic hydroxyl groups excluding tert-OH is 1. The Kier molecular flexibility index (Phi) is 7.78. The van der Waals surface area contributed by atoms with Crippen molar-refractivity contribution < 1.29 is 33.3 Å². The van der Waals surface area contributed by atoms with E-state index in [1.165, 1.54) is 46.4 Å². The van der Waals surface area contributed by atoms with Crippen molar-refractivity contribution in [2.75, 3.05) is 23.1 Å². The Balaban J connectivity index is 1.72. The van der Waals surface area contributed by atoms with Crippen molar-refractivity contribution in [3.8, 4) is 11.4 Å². The van der Waals surface area contributed by atoms with Gasteiger partial charge in [-0.1, -0.05) is 11.6 Å². The van der Waals surface area contributed by atoms with Crippen LogP contribution in [0, 0.1) is 18.6 Å². The molecule has 39 heavy (non-hydrogen) atoms. The largest absolute Gasteiger partial charge is 0.487 e. The number of aromatic nitrogens is 1. The number of carbonyl (C=O) groups excluding carboxylic acids is 2. The van der Waals surface area contributed by atoms with Crippen LogP contribution in [0.1, 0.15) is 31.5 Å². The van der Waals surface area contributed by atoms with E-state index in [0.717, 1.165) is 12.1 Å². The zero-order valence-corrected chi connectivity index (χ0v) is 22.1. The highest BCUT2D eigenvalue weighted by molar-refractivity contribution is 6.31. The van der Waals surface area contributed by atoms with Gasteiger partial charge in [0.1, 0.15) is 41.3 Å². The first-order valence-electron chi connectivity index (χ1n) is 11.9. The molecule has 0 spiro atoms. The minimum absolute atomic E-state index is 0.00185. The summed E-state index contributed by atoms with van der Waals surface area (Å²) < 4.78 is 34.0. The summed E-state index contributed by atoms with van der Waals surface area (Å²) in [7, 11) is 0. The number of hydrogen-bond donors (Lipinski definition) is 2. The molecule has 9 nitrogen and oxygen atoms in total. The molecule has 12 heteroatoms. The molecule has 1 aliphatic heterocycles. The average molecular weight is 562 g/mol. The predicted octanol–water partition coefficient (Wildman–Crippen LogP) is 3.45. The summed E-state index contributed by atoms with van der Waals surface area (Å²) in [4.78, 5) is 41.4. The number of amides is 2. The fourth-order valence-corrected chi connectivity index (χ4v) is 4.43. The van der Waals surface area contributed by atoms with E-state index in [9.17, 15) is 33.4 Å². The number of hydrogen-bond acceptors (Lipinski definition) is 6. The molecule has 0 saturated heterocycles. The predicted molar refractivity (Wildman–Crippen MR) is 140 cm³/mol. The molecule has 0 atom stereocenters. The molecule has 0 bridgehead atoms. The maximum absolute atomic E-state index is 14.0. The van der Waals surface area contributed by atoms with Crippen molar-refractivity contribution in [2.24, 2.45) is 0 Å². The number of fused-ring (bicyclic) bond motifs is 1.